The summed E-state index contributed by atoms with van der Waals surface area (Å²) >= 11 is 0. The van der Waals surface area contributed by atoms with E-state index in [0.717, 1.165) is 17.2 Å². The average molecular weight is 421 g/mol. The predicted octanol–water partition coefficient (Wildman–Crippen LogP) is 3.92. The Morgan fingerprint density at radius 1 is 1.13 bits per heavy atom. The fourth-order valence-corrected chi connectivity index (χ4v) is 3.18. The minimum atomic E-state index is -1.37. The van der Waals surface area contributed by atoms with Crippen molar-refractivity contribution in [2.24, 2.45) is 0 Å². The Bertz CT molecular complexity index is 1310. The van der Waals surface area contributed by atoms with Gasteiger partial charge >= 0.3 is 5.97 Å². The van der Waals surface area contributed by atoms with Gasteiger partial charge < -0.3 is 20.1 Å². The van der Waals surface area contributed by atoms with Crippen molar-refractivity contribution in [3.05, 3.63) is 82.6 Å². The number of nitrogens with zero attached hydrogens (tertiary/aromatic N) is 2. The summed E-state index contributed by atoms with van der Waals surface area (Å²) in [6.07, 6.45) is 1.91. The van der Waals surface area contributed by atoms with Crippen LogP contribution in [0.4, 0.5) is 10.1 Å². The quantitative estimate of drug-likeness (QED) is 0.417. The number of nitrogens with one attached hydrogen (secondary N) is 1. The lowest BCUT2D eigenvalue weighted by atomic mass is 10.0. The van der Waals surface area contributed by atoms with Gasteiger partial charge in [-0.15, -0.1) is 0 Å². The van der Waals surface area contributed by atoms with E-state index in [1.54, 1.807) is 25.1 Å². The van der Waals surface area contributed by atoms with Gasteiger partial charge in [0, 0.05) is 17.6 Å². The summed E-state index contributed by atoms with van der Waals surface area (Å²) in [5.41, 5.74) is 1.33. The number of pyridine rings is 1. The van der Waals surface area contributed by atoms with Crippen molar-refractivity contribution in [1.82, 2.24) is 10.1 Å². The maximum Gasteiger partial charge on any atom is 0.339 e. The van der Waals surface area contributed by atoms with Gasteiger partial charge in [0.15, 0.2) is 11.4 Å². The molecule has 156 valence electrons. The van der Waals surface area contributed by atoms with Gasteiger partial charge in [0.25, 0.3) is 5.91 Å². The number of fused-ring (bicyclic) bond motifs is 1. The summed E-state index contributed by atoms with van der Waals surface area (Å²) in [7, 11) is 0. The SMILES string of the molecule is Cc1cc(C(=O)Nc2cc(C(=O)O)c(O)c3ncc(Cc4ccc(F)cc4)cc23)no1. The molecule has 0 unspecified atom stereocenters. The van der Waals surface area contributed by atoms with Gasteiger partial charge in [-0.2, -0.15) is 0 Å². The van der Waals surface area contributed by atoms with Crippen molar-refractivity contribution in [2.75, 3.05) is 5.32 Å². The topological polar surface area (TPSA) is 126 Å². The van der Waals surface area contributed by atoms with Crippen LogP contribution in [0.15, 0.2) is 53.2 Å². The van der Waals surface area contributed by atoms with Crippen molar-refractivity contribution in [3.8, 4) is 5.75 Å². The molecule has 0 fully saturated rings. The Kier molecular flexibility index (Phi) is 5.08. The van der Waals surface area contributed by atoms with Gasteiger partial charge in [-0.3, -0.25) is 9.78 Å². The third-order valence-corrected chi connectivity index (χ3v) is 4.66. The molecule has 0 saturated carbocycles. The zero-order chi connectivity index (χ0) is 22.1. The van der Waals surface area contributed by atoms with E-state index in [2.05, 4.69) is 15.5 Å². The van der Waals surface area contributed by atoms with Gasteiger partial charge in [0.2, 0.25) is 0 Å². The zero-order valence-electron chi connectivity index (χ0n) is 16.2. The number of aryl methyl sites for hydroxylation is 1. The van der Waals surface area contributed by atoms with E-state index in [4.69, 9.17) is 4.52 Å². The number of carboxylic acid groups (broad SMARTS) is 1. The number of amides is 1. The van der Waals surface area contributed by atoms with Crippen molar-refractivity contribution in [3.63, 3.8) is 0 Å². The smallest absolute Gasteiger partial charge is 0.339 e. The molecule has 1 amide bonds. The first-order chi connectivity index (χ1) is 14.8. The van der Waals surface area contributed by atoms with Crippen molar-refractivity contribution >= 4 is 28.5 Å². The minimum absolute atomic E-state index is 0.0195. The maximum absolute atomic E-state index is 13.2. The van der Waals surface area contributed by atoms with Crippen LogP contribution in [0.25, 0.3) is 10.9 Å². The van der Waals surface area contributed by atoms with E-state index in [1.807, 2.05) is 0 Å². The molecule has 2 aromatic carbocycles. The zero-order valence-corrected chi connectivity index (χ0v) is 16.2. The number of rotatable bonds is 5. The number of carbonyl (C=O) groups excluding carboxylic acids is 1. The first-order valence-corrected chi connectivity index (χ1v) is 9.19. The van der Waals surface area contributed by atoms with E-state index in [9.17, 15) is 24.2 Å². The van der Waals surface area contributed by atoms with Crippen molar-refractivity contribution in [2.45, 2.75) is 13.3 Å². The van der Waals surface area contributed by atoms with Gasteiger partial charge in [0.05, 0.1) is 5.69 Å². The van der Waals surface area contributed by atoms with Crippen LogP contribution in [0, 0.1) is 12.7 Å². The lowest BCUT2D eigenvalue weighted by molar-refractivity contribution is 0.0693. The average Bonchev–Trinajstić information content (AvgIpc) is 3.18. The molecule has 9 heteroatoms. The standard InChI is InChI=1S/C22H16FN3O5/c1-11-6-18(26-31-11)21(28)25-17-9-16(22(29)30)20(27)19-15(17)8-13(10-24-19)7-12-2-4-14(23)5-3-12/h2-6,8-10,27H,7H2,1H3,(H,25,28)(H,29,30). The molecule has 8 nitrogen and oxygen atoms in total. The number of anilines is 1. The van der Waals surface area contributed by atoms with Crippen LogP contribution in [-0.2, 0) is 6.42 Å². The maximum atomic E-state index is 13.2. The summed E-state index contributed by atoms with van der Waals surface area (Å²) in [4.78, 5) is 28.3. The number of hydrogen-bond acceptors (Lipinski definition) is 6. The van der Waals surface area contributed by atoms with Gasteiger partial charge in [0.1, 0.15) is 22.7 Å². The van der Waals surface area contributed by atoms with E-state index < -0.39 is 23.2 Å². The highest BCUT2D eigenvalue weighted by Gasteiger charge is 2.20. The van der Waals surface area contributed by atoms with E-state index in [-0.39, 0.29) is 22.7 Å². The highest BCUT2D eigenvalue weighted by atomic mass is 19.1. The largest absolute Gasteiger partial charge is 0.505 e. The third kappa shape index (κ3) is 4.06. The minimum Gasteiger partial charge on any atom is -0.505 e. The van der Waals surface area contributed by atoms with Crippen LogP contribution in [0.3, 0.4) is 0 Å². The summed E-state index contributed by atoms with van der Waals surface area (Å²) in [6.45, 7) is 1.63. The number of hydrogen-bond donors (Lipinski definition) is 3. The lowest BCUT2D eigenvalue weighted by Gasteiger charge is -2.12. The molecule has 0 bridgehead atoms. The highest BCUT2D eigenvalue weighted by molar-refractivity contribution is 6.11. The Morgan fingerprint density at radius 2 is 1.87 bits per heavy atom. The van der Waals surface area contributed by atoms with Crippen molar-refractivity contribution in [1.29, 1.82) is 0 Å². The monoisotopic (exact) mass is 421 g/mol. The number of aromatic nitrogens is 2. The second-order valence-electron chi connectivity index (χ2n) is 6.95. The van der Waals surface area contributed by atoms with Crippen LogP contribution in [-0.4, -0.2) is 32.2 Å². The number of carbonyl (C=O) groups is 2. The highest BCUT2D eigenvalue weighted by Crippen LogP contribution is 2.34. The van der Waals surface area contributed by atoms with E-state index in [0.29, 0.717) is 17.6 Å². The number of phenols is 1. The molecule has 3 N–H and O–H groups in total. The van der Waals surface area contributed by atoms with Crippen molar-refractivity contribution < 1.29 is 28.7 Å². The molecule has 2 aromatic heterocycles. The molecule has 0 radical (unpaired) electrons. The number of aromatic hydroxyl groups is 1. The number of carboxylic acids is 1. The van der Waals surface area contributed by atoms with Gasteiger partial charge in [-0.25, -0.2) is 9.18 Å². The molecule has 2 heterocycles. The second-order valence-corrected chi connectivity index (χ2v) is 6.95. The Hall–Kier alpha value is -4.27. The molecule has 0 aliphatic carbocycles. The summed E-state index contributed by atoms with van der Waals surface area (Å²) in [5.74, 6) is -2.39. The molecule has 0 aliphatic rings. The second kappa shape index (κ2) is 7.86. The molecule has 0 spiro atoms. The van der Waals surface area contributed by atoms with Gasteiger partial charge in [-0.05, 0) is 48.7 Å². The van der Waals surface area contributed by atoms with Crippen LogP contribution < -0.4 is 5.32 Å². The summed E-state index contributed by atoms with van der Waals surface area (Å²) in [6, 6.07) is 10.3. The number of aromatic carboxylic acids is 1. The Balaban J connectivity index is 1.79. The van der Waals surface area contributed by atoms with Crippen LogP contribution in [0.2, 0.25) is 0 Å². The van der Waals surface area contributed by atoms with Crippen LogP contribution in [0.5, 0.6) is 5.75 Å². The normalized spacial score (nSPS) is 10.9. The molecule has 31 heavy (non-hydrogen) atoms. The predicted molar refractivity (Wildman–Crippen MR) is 109 cm³/mol. The van der Waals surface area contributed by atoms with Crippen LogP contribution in [0.1, 0.15) is 37.7 Å². The Labute approximate surface area is 174 Å². The fourth-order valence-electron chi connectivity index (χ4n) is 3.18. The third-order valence-electron chi connectivity index (χ3n) is 4.66. The molecule has 4 rings (SSSR count). The molecular formula is C22H16FN3O5. The van der Waals surface area contributed by atoms with Crippen LogP contribution >= 0.6 is 0 Å². The molecule has 0 saturated heterocycles. The molecule has 0 atom stereocenters. The van der Waals surface area contributed by atoms with E-state index in [1.165, 1.54) is 24.4 Å². The fraction of sp³-hybridized carbons (Fsp3) is 0.0909. The number of halogens is 1. The first-order valence-electron chi connectivity index (χ1n) is 9.19. The summed E-state index contributed by atoms with van der Waals surface area (Å²) < 4.78 is 18.1. The van der Waals surface area contributed by atoms with E-state index >= 15 is 0 Å². The summed E-state index contributed by atoms with van der Waals surface area (Å²) in [5, 5.41) is 26.4. The Morgan fingerprint density at radius 3 is 2.52 bits per heavy atom. The van der Waals surface area contributed by atoms with Gasteiger partial charge in [-0.1, -0.05) is 17.3 Å². The molecule has 0 aliphatic heterocycles. The molecule has 4 aromatic rings. The first kappa shape index (κ1) is 20.0. The number of benzene rings is 2. The molecular weight excluding hydrogens is 405 g/mol. The lowest BCUT2D eigenvalue weighted by Crippen LogP contribution is -2.13.